The minimum Gasteiger partial charge on any atom is -0.264 e. The lowest BCUT2D eigenvalue weighted by atomic mass is 9.91. The summed E-state index contributed by atoms with van der Waals surface area (Å²) in [5.74, 6) is 1.86. The van der Waals surface area contributed by atoms with Gasteiger partial charge in [-0.3, -0.25) is 4.98 Å². The molecule has 10 rings (SSSR count). The number of hydrogen-bond acceptors (Lipinski definition) is 4. The molecule has 52 heavy (non-hydrogen) atoms. The minimum absolute atomic E-state index is 0.616. The van der Waals surface area contributed by atoms with Gasteiger partial charge in [-0.1, -0.05) is 146 Å². The van der Waals surface area contributed by atoms with Crippen molar-refractivity contribution in [3.63, 3.8) is 0 Å². The van der Waals surface area contributed by atoms with Gasteiger partial charge in [-0.15, -0.1) is 0 Å². The van der Waals surface area contributed by atoms with E-state index in [4.69, 9.17) is 15.0 Å². The summed E-state index contributed by atoms with van der Waals surface area (Å²) in [6.07, 6.45) is 3.78. The second-order valence-corrected chi connectivity index (χ2v) is 13.1. The van der Waals surface area contributed by atoms with Gasteiger partial charge in [0.05, 0.1) is 0 Å². The Morgan fingerprint density at radius 3 is 1.79 bits per heavy atom. The summed E-state index contributed by atoms with van der Waals surface area (Å²) in [5.41, 5.74) is 7.35. The zero-order valence-corrected chi connectivity index (χ0v) is 28.1. The molecule has 0 N–H and O–H groups in total. The van der Waals surface area contributed by atoms with Gasteiger partial charge in [-0.2, -0.15) is 0 Å². The Morgan fingerprint density at radius 2 is 0.962 bits per heavy atom. The van der Waals surface area contributed by atoms with Crippen LogP contribution in [-0.2, 0) is 0 Å². The summed E-state index contributed by atoms with van der Waals surface area (Å²) >= 11 is 0. The topological polar surface area (TPSA) is 51.6 Å². The zero-order chi connectivity index (χ0) is 34.4. The molecule has 0 atom stereocenters. The average Bonchev–Trinajstić information content (AvgIpc) is 3.23. The molecule has 2 aromatic heterocycles. The molecule has 8 aromatic carbocycles. The Kier molecular flexibility index (Phi) is 7.10. The van der Waals surface area contributed by atoms with Gasteiger partial charge in [0.15, 0.2) is 17.5 Å². The third kappa shape index (κ3) is 5.17. The lowest BCUT2D eigenvalue weighted by molar-refractivity contribution is 1.08. The van der Waals surface area contributed by atoms with Crippen LogP contribution in [0.2, 0.25) is 0 Å². The molecule has 4 nitrogen and oxygen atoms in total. The van der Waals surface area contributed by atoms with Crippen LogP contribution in [0.25, 0.3) is 99.5 Å². The monoisotopic (exact) mass is 662 g/mol. The molecule has 242 valence electrons. The first-order valence-electron chi connectivity index (χ1n) is 17.5. The van der Waals surface area contributed by atoms with Crippen molar-refractivity contribution in [1.82, 2.24) is 19.9 Å². The number of fused-ring (bicyclic) bond motifs is 6. The maximum atomic E-state index is 5.30. The molecular formula is C48H30N4. The molecule has 0 fully saturated rings. The van der Waals surface area contributed by atoms with E-state index in [1.807, 2.05) is 30.6 Å². The quantitative estimate of drug-likeness (QED) is 0.172. The van der Waals surface area contributed by atoms with Crippen LogP contribution in [0.1, 0.15) is 0 Å². The van der Waals surface area contributed by atoms with Crippen LogP contribution < -0.4 is 0 Å². The Bertz CT molecular complexity index is 2960. The van der Waals surface area contributed by atoms with Gasteiger partial charge >= 0.3 is 0 Å². The number of benzene rings is 8. The van der Waals surface area contributed by atoms with Gasteiger partial charge in [0, 0.05) is 39.9 Å². The molecular weight excluding hydrogens is 633 g/mol. The number of aromatic nitrogens is 4. The molecule has 0 spiro atoms. The van der Waals surface area contributed by atoms with Crippen molar-refractivity contribution in [3.8, 4) is 56.4 Å². The first-order chi connectivity index (χ1) is 25.8. The Labute approximate surface area is 300 Å². The van der Waals surface area contributed by atoms with Gasteiger partial charge in [0.25, 0.3) is 0 Å². The third-order valence-corrected chi connectivity index (χ3v) is 9.97. The summed E-state index contributed by atoms with van der Waals surface area (Å²) in [5, 5.41) is 9.20. The van der Waals surface area contributed by atoms with Crippen LogP contribution in [0.3, 0.4) is 0 Å². The van der Waals surface area contributed by atoms with E-state index in [9.17, 15) is 0 Å². The summed E-state index contributed by atoms with van der Waals surface area (Å²) in [6, 6.07) is 59.7. The van der Waals surface area contributed by atoms with E-state index in [1.165, 1.54) is 16.2 Å². The van der Waals surface area contributed by atoms with E-state index in [-0.39, 0.29) is 0 Å². The lowest BCUT2D eigenvalue weighted by Crippen LogP contribution is -2.01. The second-order valence-electron chi connectivity index (χ2n) is 13.1. The highest BCUT2D eigenvalue weighted by Gasteiger charge is 2.19. The number of pyridine rings is 1. The van der Waals surface area contributed by atoms with Crippen LogP contribution in [0, 0.1) is 0 Å². The van der Waals surface area contributed by atoms with Crippen LogP contribution in [-0.4, -0.2) is 19.9 Å². The highest BCUT2D eigenvalue weighted by molar-refractivity contribution is 6.22. The number of nitrogens with zero attached hydrogens (tertiary/aromatic N) is 4. The van der Waals surface area contributed by atoms with E-state index in [0.29, 0.717) is 17.5 Å². The molecule has 0 saturated carbocycles. The molecule has 0 aliphatic heterocycles. The summed E-state index contributed by atoms with van der Waals surface area (Å²) in [4.78, 5) is 20.1. The Hall–Kier alpha value is -7.04. The second kappa shape index (κ2) is 12.4. The molecule has 0 unspecified atom stereocenters. The van der Waals surface area contributed by atoms with Crippen molar-refractivity contribution in [1.29, 1.82) is 0 Å². The van der Waals surface area contributed by atoms with Crippen molar-refractivity contribution in [2.75, 3.05) is 0 Å². The smallest absolute Gasteiger partial charge is 0.164 e. The molecule has 0 aliphatic carbocycles. The number of hydrogen-bond donors (Lipinski definition) is 0. The lowest BCUT2D eigenvalue weighted by Gasteiger charge is -2.16. The molecule has 10 aromatic rings. The summed E-state index contributed by atoms with van der Waals surface area (Å²) < 4.78 is 0. The van der Waals surface area contributed by atoms with Gasteiger partial charge in [-0.25, -0.2) is 15.0 Å². The SMILES string of the molecule is c1ccc(-c2nc(-c3ccc(-c4ccc5ccccc5c4)c(-c4ccccc4)c3)nc(-c3cc4cnccc4c4ccc5ccccc5c34)n2)cc1. The van der Waals surface area contributed by atoms with Crippen molar-refractivity contribution in [2.24, 2.45) is 0 Å². The van der Waals surface area contributed by atoms with E-state index >= 15 is 0 Å². The van der Waals surface area contributed by atoms with Crippen molar-refractivity contribution in [3.05, 3.63) is 182 Å². The highest BCUT2D eigenvalue weighted by atomic mass is 15.0. The zero-order valence-electron chi connectivity index (χ0n) is 28.1. The fraction of sp³-hybridized carbons (Fsp3) is 0. The summed E-state index contributed by atoms with van der Waals surface area (Å²) in [7, 11) is 0. The summed E-state index contributed by atoms with van der Waals surface area (Å²) in [6.45, 7) is 0. The van der Waals surface area contributed by atoms with Gasteiger partial charge < -0.3 is 0 Å². The molecule has 0 radical (unpaired) electrons. The van der Waals surface area contributed by atoms with Crippen LogP contribution in [0.5, 0.6) is 0 Å². The van der Waals surface area contributed by atoms with Gasteiger partial charge in [0.2, 0.25) is 0 Å². The molecule has 2 heterocycles. The maximum absolute atomic E-state index is 5.30. The van der Waals surface area contributed by atoms with E-state index < -0.39 is 0 Å². The van der Waals surface area contributed by atoms with Gasteiger partial charge in [0.1, 0.15) is 0 Å². The molecule has 0 bridgehead atoms. The van der Waals surface area contributed by atoms with E-state index in [1.54, 1.807) is 0 Å². The molecule has 0 saturated heterocycles. The normalized spacial score (nSPS) is 11.5. The first kappa shape index (κ1) is 29.8. The predicted molar refractivity (Wildman–Crippen MR) is 215 cm³/mol. The average molecular weight is 663 g/mol. The molecule has 4 heteroatoms. The highest BCUT2D eigenvalue weighted by Crippen LogP contribution is 2.40. The van der Waals surface area contributed by atoms with Crippen molar-refractivity contribution in [2.45, 2.75) is 0 Å². The number of rotatable bonds is 5. The van der Waals surface area contributed by atoms with Crippen molar-refractivity contribution < 1.29 is 0 Å². The minimum atomic E-state index is 0.616. The Balaban J connectivity index is 1.24. The first-order valence-corrected chi connectivity index (χ1v) is 17.5. The molecule has 0 amide bonds. The third-order valence-electron chi connectivity index (χ3n) is 9.97. The molecule has 0 aliphatic rings. The van der Waals surface area contributed by atoms with Crippen LogP contribution >= 0.6 is 0 Å². The van der Waals surface area contributed by atoms with E-state index in [0.717, 1.165) is 65.9 Å². The Morgan fingerprint density at radius 1 is 0.308 bits per heavy atom. The fourth-order valence-corrected chi connectivity index (χ4v) is 7.45. The van der Waals surface area contributed by atoms with E-state index in [2.05, 4.69) is 157 Å². The van der Waals surface area contributed by atoms with Crippen LogP contribution in [0.4, 0.5) is 0 Å². The standard InChI is InChI=1S/C48H30N4/c1-3-12-32(13-4-1)43-28-37(22-23-39(43)36-20-19-31-11-7-8-17-35(31)27-36)47-50-46(34-15-5-2-6-16-34)51-48(52-47)44-29-38-30-49-26-25-40(38)42-24-21-33-14-9-10-18-41(33)45(42)44/h1-30H. The maximum Gasteiger partial charge on any atom is 0.164 e. The van der Waals surface area contributed by atoms with Crippen LogP contribution in [0.15, 0.2) is 182 Å². The van der Waals surface area contributed by atoms with Gasteiger partial charge in [-0.05, 0) is 78.8 Å². The largest absolute Gasteiger partial charge is 0.264 e. The fourth-order valence-electron chi connectivity index (χ4n) is 7.45. The predicted octanol–water partition coefficient (Wildman–Crippen LogP) is 12.2. The van der Waals surface area contributed by atoms with Crippen molar-refractivity contribution >= 4 is 43.1 Å².